The highest BCUT2D eigenvalue weighted by molar-refractivity contribution is 5.34. The van der Waals surface area contributed by atoms with Gasteiger partial charge in [0.05, 0.1) is 4.92 Å². The second-order valence-corrected chi connectivity index (χ2v) is 3.16. The molecule has 1 aromatic rings. The number of nitrogens with zero attached hydrogens (tertiary/aromatic N) is 2. The van der Waals surface area contributed by atoms with Crippen LogP contribution in [0.5, 0.6) is 0 Å². The molecule has 0 heterocycles. The molecule has 5 heteroatoms. The Balaban J connectivity index is 2.69. The van der Waals surface area contributed by atoms with Crippen LogP contribution in [0.3, 0.4) is 0 Å². The molecule has 0 spiro atoms. The lowest BCUT2D eigenvalue weighted by Crippen LogP contribution is -2.29. The summed E-state index contributed by atoms with van der Waals surface area (Å²) in [5, 5.41) is 12.3. The van der Waals surface area contributed by atoms with E-state index in [1.165, 1.54) is 6.07 Å². The maximum absolute atomic E-state index is 10.5. The summed E-state index contributed by atoms with van der Waals surface area (Å²) in [6, 6.07) is 6.59. The molecule has 0 saturated heterocycles. The van der Waals surface area contributed by atoms with Gasteiger partial charge in [0.1, 0.15) is 0 Å². The van der Waals surface area contributed by atoms with Crippen molar-refractivity contribution in [1.82, 2.24) is 10.4 Å². The van der Waals surface area contributed by atoms with E-state index in [0.717, 1.165) is 5.56 Å². The number of hydrazine groups is 1. The number of nitrogens with one attached hydrogen (secondary N) is 1. The summed E-state index contributed by atoms with van der Waals surface area (Å²) in [6.45, 7) is 0.592. The number of benzene rings is 1. The Morgan fingerprint density at radius 3 is 2.79 bits per heavy atom. The molecule has 0 atom stereocenters. The van der Waals surface area contributed by atoms with Crippen LogP contribution in [-0.2, 0) is 6.54 Å². The molecule has 0 fully saturated rings. The smallest absolute Gasteiger partial charge is 0.258 e. The molecular formula is C9H13N3O2. The minimum absolute atomic E-state index is 0.128. The van der Waals surface area contributed by atoms with E-state index in [2.05, 4.69) is 5.43 Å². The maximum atomic E-state index is 10.5. The Morgan fingerprint density at radius 2 is 2.21 bits per heavy atom. The van der Waals surface area contributed by atoms with Crippen molar-refractivity contribution >= 4 is 5.69 Å². The van der Waals surface area contributed by atoms with Crippen molar-refractivity contribution < 1.29 is 4.92 Å². The van der Waals surface area contributed by atoms with Crippen molar-refractivity contribution in [1.29, 1.82) is 0 Å². The highest BCUT2D eigenvalue weighted by atomic mass is 16.6. The van der Waals surface area contributed by atoms with Crippen LogP contribution in [-0.4, -0.2) is 24.0 Å². The largest absolute Gasteiger partial charge is 0.269 e. The molecule has 0 aliphatic carbocycles. The molecule has 14 heavy (non-hydrogen) atoms. The zero-order chi connectivity index (χ0) is 10.6. The van der Waals surface area contributed by atoms with Gasteiger partial charge in [-0.1, -0.05) is 12.1 Å². The zero-order valence-electron chi connectivity index (χ0n) is 8.23. The Labute approximate surface area is 82.5 Å². The van der Waals surface area contributed by atoms with Gasteiger partial charge in [0.25, 0.3) is 5.69 Å². The monoisotopic (exact) mass is 195 g/mol. The minimum atomic E-state index is -0.390. The van der Waals surface area contributed by atoms with E-state index in [1.807, 2.05) is 20.2 Å². The topological polar surface area (TPSA) is 58.4 Å². The molecule has 0 saturated carbocycles. The molecule has 0 aliphatic rings. The number of hydrogen-bond donors (Lipinski definition) is 1. The van der Waals surface area contributed by atoms with Crippen LogP contribution in [0.1, 0.15) is 5.56 Å². The first kappa shape index (κ1) is 10.6. The minimum Gasteiger partial charge on any atom is -0.258 e. The molecule has 0 unspecified atom stereocenters. The maximum Gasteiger partial charge on any atom is 0.269 e. The lowest BCUT2D eigenvalue weighted by Gasteiger charge is -2.11. The molecule has 0 aliphatic heterocycles. The lowest BCUT2D eigenvalue weighted by molar-refractivity contribution is -0.384. The molecule has 0 aromatic heterocycles. The third kappa shape index (κ3) is 3.12. The van der Waals surface area contributed by atoms with E-state index in [1.54, 1.807) is 17.1 Å². The fourth-order valence-corrected chi connectivity index (χ4v) is 1.03. The SMILES string of the molecule is CN(C)NCc1cccc([N+](=O)[O-])c1. The molecular weight excluding hydrogens is 182 g/mol. The first-order chi connectivity index (χ1) is 6.59. The summed E-state index contributed by atoms with van der Waals surface area (Å²) in [6.07, 6.45) is 0. The Morgan fingerprint density at radius 1 is 1.50 bits per heavy atom. The summed E-state index contributed by atoms with van der Waals surface area (Å²) >= 11 is 0. The molecule has 0 radical (unpaired) electrons. The molecule has 1 aromatic carbocycles. The van der Waals surface area contributed by atoms with Crippen molar-refractivity contribution in [2.24, 2.45) is 0 Å². The second kappa shape index (κ2) is 4.69. The molecule has 76 valence electrons. The van der Waals surface area contributed by atoms with Gasteiger partial charge in [-0.2, -0.15) is 0 Å². The summed E-state index contributed by atoms with van der Waals surface area (Å²) in [4.78, 5) is 10.1. The zero-order valence-corrected chi connectivity index (χ0v) is 8.23. The van der Waals surface area contributed by atoms with Gasteiger partial charge in [-0.15, -0.1) is 0 Å². The van der Waals surface area contributed by atoms with Crippen LogP contribution < -0.4 is 5.43 Å². The van der Waals surface area contributed by atoms with Gasteiger partial charge in [0.2, 0.25) is 0 Å². The lowest BCUT2D eigenvalue weighted by atomic mass is 10.2. The van der Waals surface area contributed by atoms with Crippen LogP contribution >= 0.6 is 0 Å². The molecule has 1 N–H and O–H groups in total. The van der Waals surface area contributed by atoms with Crippen LogP contribution in [0.15, 0.2) is 24.3 Å². The van der Waals surface area contributed by atoms with Gasteiger partial charge in [0, 0.05) is 32.8 Å². The highest BCUT2D eigenvalue weighted by Gasteiger charge is 2.04. The van der Waals surface area contributed by atoms with Crippen molar-refractivity contribution in [3.8, 4) is 0 Å². The van der Waals surface area contributed by atoms with Gasteiger partial charge < -0.3 is 0 Å². The quantitative estimate of drug-likeness (QED) is 0.578. The standard InChI is InChI=1S/C9H13N3O2/c1-11(2)10-7-8-4-3-5-9(6-8)12(13)14/h3-6,10H,7H2,1-2H3. The van der Waals surface area contributed by atoms with E-state index in [0.29, 0.717) is 6.54 Å². The number of nitro groups is 1. The predicted octanol–water partition coefficient (Wildman–Crippen LogP) is 1.16. The molecule has 0 amide bonds. The van der Waals surface area contributed by atoms with E-state index in [4.69, 9.17) is 0 Å². The van der Waals surface area contributed by atoms with Crippen molar-refractivity contribution in [2.45, 2.75) is 6.54 Å². The fourth-order valence-electron chi connectivity index (χ4n) is 1.03. The first-order valence-electron chi connectivity index (χ1n) is 4.24. The van der Waals surface area contributed by atoms with E-state index < -0.39 is 0 Å². The summed E-state index contributed by atoms with van der Waals surface area (Å²) < 4.78 is 0. The Bertz CT molecular complexity index is 326. The van der Waals surface area contributed by atoms with Gasteiger partial charge >= 0.3 is 0 Å². The summed E-state index contributed by atoms with van der Waals surface area (Å²) in [5.41, 5.74) is 4.06. The van der Waals surface area contributed by atoms with Gasteiger partial charge in [-0.05, 0) is 5.56 Å². The van der Waals surface area contributed by atoms with E-state index >= 15 is 0 Å². The highest BCUT2D eigenvalue weighted by Crippen LogP contribution is 2.12. The Hall–Kier alpha value is -1.46. The Kier molecular flexibility index (Phi) is 3.55. The molecule has 1 rings (SSSR count). The van der Waals surface area contributed by atoms with E-state index in [-0.39, 0.29) is 10.6 Å². The van der Waals surface area contributed by atoms with Gasteiger partial charge in [-0.3, -0.25) is 20.5 Å². The normalized spacial score (nSPS) is 10.5. The first-order valence-corrected chi connectivity index (χ1v) is 4.24. The van der Waals surface area contributed by atoms with Crippen LogP contribution in [0.4, 0.5) is 5.69 Å². The number of hydrogen-bond acceptors (Lipinski definition) is 4. The van der Waals surface area contributed by atoms with Crippen molar-refractivity contribution in [2.75, 3.05) is 14.1 Å². The van der Waals surface area contributed by atoms with E-state index in [9.17, 15) is 10.1 Å². The summed E-state index contributed by atoms with van der Waals surface area (Å²) in [7, 11) is 3.74. The van der Waals surface area contributed by atoms with Crippen LogP contribution in [0, 0.1) is 10.1 Å². The van der Waals surface area contributed by atoms with Gasteiger partial charge in [-0.25, -0.2) is 0 Å². The number of rotatable bonds is 4. The third-order valence-electron chi connectivity index (χ3n) is 1.72. The van der Waals surface area contributed by atoms with Gasteiger partial charge in [0.15, 0.2) is 0 Å². The number of non-ortho nitro benzene ring substituents is 1. The second-order valence-electron chi connectivity index (χ2n) is 3.16. The van der Waals surface area contributed by atoms with Crippen molar-refractivity contribution in [3.05, 3.63) is 39.9 Å². The third-order valence-corrected chi connectivity index (χ3v) is 1.72. The molecule has 0 bridgehead atoms. The predicted molar refractivity (Wildman–Crippen MR) is 53.6 cm³/mol. The van der Waals surface area contributed by atoms with Crippen molar-refractivity contribution in [3.63, 3.8) is 0 Å². The summed E-state index contributed by atoms with van der Waals surface area (Å²) in [5.74, 6) is 0. The average molecular weight is 195 g/mol. The van der Waals surface area contributed by atoms with Crippen LogP contribution in [0.2, 0.25) is 0 Å². The fraction of sp³-hybridized carbons (Fsp3) is 0.333. The molecule has 5 nitrogen and oxygen atoms in total. The average Bonchev–Trinajstić information content (AvgIpc) is 2.15. The van der Waals surface area contributed by atoms with Crippen LogP contribution in [0.25, 0.3) is 0 Å². The number of nitro benzene ring substituents is 1.